The van der Waals surface area contributed by atoms with E-state index >= 15 is 0 Å². The highest BCUT2D eigenvalue weighted by molar-refractivity contribution is 9.10. The lowest BCUT2D eigenvalue weighted by Crippen LogP contribution is -2.11. The largest absolute Gasteiger partial charge is 0.493 e. The first-order valence-corrected chi connectivity index (χ1v) is 8.04. The standard InChI is InChI=1S/C18H16BrNO4/c1-2-24-16-9-8-13(19)11-12(16)7-10-17(21)20-15-6-4-3-5-14(15)18(22)23/h3-11H,2H2,1H3,(H,20,21)(H,22,23)/b10-7+. The fraction of sp³-hybridized carbons (Fsp3) is 0.111. The number of hydrogen-bond acceptors (Lipinski definition) is 3. The van der Waals surface area contributed by atoms with Crippen molar-refractivity contribution in [2.45, 2.75) is 6.92 Å². The van der Waals surface area contributed by atoms with Crippen LogP contribution in [-0.2, 0) is 4.79 Å². The summed E-state index contributed by atoms with van der Waals surface area (Å²) >= 11 is 3.38. The van der Waals surface area contributed by atoms with Gasteiger partial charge in [0.15, 0.2) is 0 Å². The van der Waals surface area contributed by atoms with E-state index in [1.165, 1.54) is 12.1 Å². The smallest absolute Gasteiger partial charge is 0.337 e. The molecule has 2 rings (SSSR count). The van der Waals surface area contributed by atoms with Gasteiger partial charge in [0.25, 0.3) is 0 Å². The third-order valence-electron chi connectivity index (χ3n) is 3.10. The highest BCUT2D eigenvalue weighted by Crippen LogP contribution is 2.24. The van der Waals surface area contributed by atoms with Crippen molar-refractivity contribution in [3.63, 3.8) is 0 Å². The minimum absolute atomic E-state index is 0.0386. The minimum Gasteiger partial charge on any atom is -0.493 e. The summed E-state index contributed by atoms with van der Waals surface area (Å²) < 4.78 is 6.37. The molecular formula is C18H16BrNO4. The van der Waals surface area contributed by atoms with Crippen LogP contribution in [0.25, 0.3) is 6.08 Å². The van der Waals surface area contributed by atoms with Gasteiger partial charge < -0.3 is 15.2 Å². The highest BCUT2D eigenvalue weighted by Gasteiger charge is 2.10. The van der Waals surface area contributed by atoms with Crippen molar-refractivity contribution >= 4 is 39.6 Å². The summed E-state index contributed by atoms with van der Waals surface area (Å²) in [5.74, 6) is -0.859. The van der Waals surface area contributed by atoms with Gasteiger partial charge in [-0.25, -0.2) is 4.79 Å². The van der Waals surface area contributed by atoms with Crippen LogP contribution in [0.2, 0.25) is 0 Å². The minimum atomic E-state index is -1.10. The Bertz CT molecular complexity index is 786. The summed E-state index contributed by atoms with van der Waals surface area (Å²) in [6.45, 7) is 2.39. The Morgan fingerprint density at radius 1 is 1.25 bits per heavy atom. The van der Waals surface area contributed by atoms with E-state index < -0.39 is 11.9 Å². The zero-order chi connectivity index (χ0) is 17.5. The number of carboxylic acid groups (broad SMARTS) is 1. The molecule has 0 unspecified atom stereocenters. The molecule has 0 fully saturated rings. The van der Waals surface area contributed by atoms with Crippen LogP contribution in [0.4, 0.5) is 5.69 Å². The third kappa shape index (κ3) is 4.70. The van der Waals surface area contributed by atoms with E-state index in [1.807, 2.05) is 25.1 Å². The van der Waals surface area contributed by atoms with Crippen molar-refractivity contribution < 1.29 is 19.4 Å². The Kier molecular flexibility index (Phi) is 6.14. The number of carbonyl (C=O) groups is 2. The molecule has 0 saturated carbocycles. The third-order valence-corrected chi connectivity index (χ3v) is 3.59. The first-order chi connectivity index (χ1) is 11.5. The number of aromatic carboxylic acids is 1. The number of nitrogens with one attached hydrogen (secondary N) is 1. The Morgan fingerprint density at radius 2 is 2.00 bits per heavy atom. The lowest BCUT2D eigenvalue weighted by Gasteiger charge is -2.08. The summed E-state index contributed by atoms with van der Waals surface area (Å²) in [4.78, 5) is 23.2. The molecule has 0 saturated heterocycles. The van der Waals surface area contributed by atoms with Crippen molar-refractivity contribution in [2.24, 2.45) is 0 Å². The SMILES string of the molecule is CCOc1ccc(Br)cc1/C=C/C(=O)Nc1ccccc1C(=O)O. The maximum absolute atomic E-state index is 12.1. The van der Waals surface area contributed by atoms with Gasteiger partial charge in [-0.05, 0) is 43.3 Å². The van der Waals surface area contributed by atoms with E-state index in [-0.39, 0.29) is 11.3 Å². The Balaban J connectivity index is 2.17. The maximum atomic E-state index is 12.1. The molecule has 0 aromatic heterocycles. The second-order valence-electron chi connectivity index (χ2n) is 4.79. The maximum Gasteiger partial charge on any atom is 0.337 e. The molecule has 124 valence electrons. The second kappa shape index (κ2) is 8.31. The molecule has 0 radical (unpaired) electrons. The molecule has 6 heteroatoms. The number of ether oxygens (including phenoxy) is 1. The molecule has 0 aliphatic heterocycles. The van der Waals surface area contributed by atoms with E-state index in [0.29, 0.717) is 12.4 Å². The van der Waals surface area contributed by atoms with Crippen molar-refractivity contribution in [3.05, 3.63) is 64.1 Å². The van der Waals surface area contributed by atoms with Gasteiger partial charge in [-0.15, -0.1) is 0 Å². The molecule has 5 nitrogen and oxygen atoms in total. The summed E-state index contributed by atoms with van der Waals surface area (Å²) in [7, 11) is 0. The molecule has 1 amide bonds. The number of hydrogen-bond donors (Lipinski definition) is 2. The van der Waals surface area contributed by atoms with Crippen LogP contribution >= 0.6 is 15.9 Å². The fourth-order valence-electron chi connectivity index (χ4n) is 2.05. The second-order valence-corrected chi connectivity index (χ2v) is 5.70. The monoisotopic (exact) mass is 389 g/mol. The van der Waals surface area contributed by atoms with E-state index in [1.54, 1.807) is 24.3 Å². The van der Waals surface area contributed by atoms with Gasteiger partial charge in [-0.1, -0.05) is 28.1 Å². The molecule has 0 bridgehead atoms. The van der Waals surface area contributed by atoms with E-state index in [2.05, 4.69) is 21.2 Å². The number of anilines is 1. The van der Waals surface area contributed by atoms with Crippen LogP contribution in [-0.4, -0.2) is 23.6 Å². The first-order valence-electron chi connectivity index (χ1n) is 7.25. The quantitative estimate of drug-likeness (QED) is 0.725. The normalized spacial score (nSPS) is 10.6. The Morgan fingerprint density at radius 3 is 2.71 bits per heavy atom. The molecule has 0 atom stereocenters. The zero-order valence-electron chi connectivity index (χ0n) is 13.0. The highest BCUT2D eigenvalue weighted by atomic mass is 79.9. The van der Waals surface area contributed by atoms with Gasteiger partial charge in [0.1, 0.15) is 5.75 Å². The van der Waals surface area contributed by atoms with Crippen LogP contribution in [0.1, 0.15) is 22.8 Å². The average Bonchev–Trinajstić information content (AvgIpc) is 2.55. The predicted molar refractivity (Wildman–Crippen MR) is 96.4 cm³/mol. The van der Waals surface area contributed by atoms with Gasteiger partial charge in [0, 0.05) is 16.1 Å². The fourth-order valence-corrected chi connectivity index (χ4v) is 2.43. The molecule has 0 heterocycles. The van der Waals surface area contributed by atoms with E-state index in [9.17, 15) is 9.59 Å². The van der Waals surface area contributed by atoms with Crippen LogP contribution < -0.4 is 10.1 Å². The summed E-state index contributed by atoms with van der Waals surface area (Å²) in [5, 5.41) is 11.7. The molecule has 2 aromatic carbocycles. The van der Waals surface area contributed by atoms with Crippen LogP contribution in [0.3, 0.4) is 0 Å². The molecule has 24 heavy (non-hydrogen) atoms. The Hall–Kier alpha value is -2.60. The summed E-state index contributed by atoms with van der Waals surface area (Å²) in [6.07, 6.45) is 2.96. The molecule has 0 aliphatic carbocycles. The number of rotatable bonds is 6. The number of para-hydroxylation sites is 1. The summed E-state index contributed by atoms with van der Waals surface area (Å²) in [6, 6.07) is 11.7. The van der Waals surface area contributed by atoms with E-state index in [0.717, 1.165) is 10.0 Å². The van der Waals surface area contributed by atoms with Gasteiger partial charge in [0.2, 0.25) is 5.91 Å². The van der Waals surface area contributed by atoms with Gasteiger partial charge >= 0.3 is 5.97 Å². The van der Waals surface area contributed by atoms with Gasteiger partial charge in [-0.3, -0.25) is 4.79 Å². The van der Waals surface area contributed by atoms with Crippen molar-refractivity contribution in [1.82, 2.24) is 0 Å². The lowest BCUT2D eigenvalue weighted by molar-refractivity contribution is -0.111. The lowest BCUT2D eigenvalue weighted by atomic mass is 10.1. The Labute approximate surface area is 148 Å². The van der Waals surface area contributed by atoms with Crippen LogP contribution in [0.15, 0.2) is 53.0 Å². The van der Waals surface area contributed by atoms with Crippen molar-refractivity contribution in [1.29, 1.82) is 0 Å². The number of carboxylic acids is 1. The van der Waals surface area contributed by atoms with Crippen LogP contribution in [0, 0.1) is 0 Å². The van der Waals surface area contributed by atoms with Gasteiger partial charge in [-0.2, -0.15) is 0 Å². The average molecular weight is 390 g/mol. The van der Waals surface area contributed by atoms with Crippen LogP contribution in [0.5, 0.6) is 5.75 Å². The molecule has 2 aromatic rings. The number of amides is 1. The van der Waals surface area contributed by atoms with Crippen molar-refractivity contribution in [3.8, 4) is 5.75 Å². The number of benzene rings is 2. The van der Waals surface area contributed by atoms with Crippen molar-refractivity contribution in [2.75, 3.05) is 11.9 Å². The molecular weight excluding hydrogens is 374 g/mol. The number of halogens is 1. The zero-order valence-corrected chi connectivity index (χ0v) is 14.5. The van der Waals surface area contributed by atoms with Gasteiger partial charge in [0.05, 0.1) is 17.9 Å². The van der Waals surface area contributed by atoms with E-state index in [4.69, 9.17) is 9.84 Å². The molecule has 2 N–H and O–H groups in total. The molecule has 0 spiro atoms. The number of carbonyl (C=O) groups excluding carboxylic acids is 1. The summed E-state index contributed by atoms with van der Waals surface area (Å²) in [5.41, 5.74) is 1.03. The predicted octanol–water partition coefficient (Wildman–Crippen LogP) is 4.20. The molecule has 0 aliphatic rings. The topological polar surface area (TPSA) is 75.6 Å². The first kappa shape index (κ1) is 17.7.